The number of nitrogens with two attached hydrogens (primary N) is 1. The molecule has 3 atom stereocenters. The lowest BCUT2D eigenvalue weighted by Gasteiger charge is -2.26. The average Bonchev–Trinajstić information content (AvgIpc) is 2.63. The van der Waals surface area contributed by atoms with Gasteiger partial charge in [-0.2, -0.15) is 0 Å². The van der Waals surface area contributed by atoms with E-state index in [0.717, 1.165) is 5.56 Å². The Morgan fingerprint density at radius 3 is 2.22 bits per heavy atom. The molecule has 0 saturated heterocycles. The predicted molar refractivity (Wildman–Crippen MR) is 104 cm³/mol. The largest absolute Gasteiger partial charge is 0.445 e. The lowest BCUT2D eigenvalue weighted by Crippen LogP contribution is -2.55. The van der Waals surface area contributed by atoms with Gasteiger partial charge in [-0.25, -0.2) is 4.79 Å². The summed E-state index contributed by atoms with van der Waals surface area (Å²) < 4.78 is 5.20. The van der Waals surface area contributed by atoms with Crippen molar-refractivity contribution in [3.8, 4) is 0 Å². The number of carbonyl (C=O) groups is 3. The van der Waals surface area contributed by atoms with Crippen molar-refractivity contribution in [2.45, 2.75) is 59.2 Å². The molecule has 3 amide bonds. The molecule has 0 saturated carbocycles. The summed E-state index contributed by atoms with van der Waals surface area (Å²) in [5, 5.41) is 5.27. The number of carbonyl (C=O) groups excluding carboxylic acids is 3. The SMILES string of the molecule is CCC(C)C(NC(=O)OCc1ccccc1)C(=O)NC(CC(C)C)C(N)=O. The molecule has 0 aliphatic carbocycles. The molecule has 0 aliphatic rings. The number of rotatable bonds is 10. The van der Waals surface area contributed by atoms with E-state index < -0.39 is 30.0 Å². The molecule has 0 radical (unpaired) electrons. The molecular formula is C20H31N3O4. The fourth-order valence-electron chi connectivity index (χ4n) is 2.57. The first kappa shape index (κ1) is 22.5. The highest BCUT2D eigenvalue weighted by Gasteiger charge is 2.29. The lowest BCUT2D eigenvalue weighted by atomic mass is 9.97. The second kappa shape index (κ2) is 11.2. The smallest absolute Gasteiger partial charge is 0.408 e. The van der Waals surface area contributed by atoms with E-state index in [1.165, 1.54) is 0 Å². The van der Waals surface area contributed by atoms with Crippen LogP contribution in [0, 0.1) is 11.8 Å². The number of nitrogens with one attached hydrogen (secondary N) is 2. The van der Waals surface area contributed by atoms with E-state index >= 15 is 0 Å². The van der Waals surface area contributed by atoms with Gasteiger partial charge in [0, 0.05) is 0 Å². The maximum absolute atomic E-state index is 12.7. The molecule has 7 nitrogen and oxygen atoms in total. The Bertz CT molecular complexity index is 619. The molecule has 1 aromatic carbocycles. The predicted octanol–water partition coefficient (Wildman–Crippen LogP) is 2.34. The van der Waals surface area contributed by atoms with E-state index in [2.05, 4.69) is 10.6 Å². The van der Waals surface area contributed by atoms with Crippen LogP contribution in [0.1, 0.15) is 46.1 Å². The van der Waals surface area contributed by atoms with Crippen molar-refractivity contribution in [2.75, 3.05) is 0 Å². The zero-order valence-electron chi connectivity index (χ0n) is 16.5. The standard InChI is InChI=1S/C20H31N3O4/c1-5-14(4)17(19(25)22-16(18(21)24)11-13(2)3)23-20(26)27-12-15-9-7-6-8-10-15/h6-10,13-14,16-17H,5,11-12H2,1-4H3,(H2,21,24)(H,22,25)(H,23,26). The number of amides is 3. The Balaban J connectivity index is 2.71. The Labute approximate surface area is 161 Å². The molecule has 27 heavy (non-hydrogen) atoms. The Morgan fingerprint density at radius 1 is 1.07 bits per heavy atom. The number of benzene rings is 1. The summed E-state index contributed by atoms with van der Waals surface area (Å²) in [5.74, 6) is -0.979. The molecule has 1 aromatic rings. The molecule has 7 heteroatoms. The van der Waals surface area contributed by atoms with E-state index in [1.54, 1.807) is 0 Å². The van der Waals surface area contributed by atoms with E-state index in [0.29, 0.717) is 12.8 Å². The minimum absolute atomic E-state index is 0.110. The summed E-state index contributed by atoms with van der Waals surface area (Å²) in [7, 11) is 0. The lowest BCUT2D eigenvalue weighted by molar-refractivity contribution is -0.129. The molecule has 3 unspecified atom stereocenters. The first-order chi connectivity index (χ1) is 12.7. The first-order valence-electron chi connectivity index (χ1n) is 9.31. The van der Waals surface area contributed by atoms with Crippen molar-refractivity contribution >= 4 is 17.9 Å². The van der Waals surface area contributed by atoms with Crippen LogP contribution in [0.3, 0.4) is 0 Å². The van der Waals surface area contributed by atoms with E-state index in [4.69, 9.17) is 10.5 Å². The first-order valence-corrected chi connectivity index (χ1v) is 9.31. The third-order valence-corrected chi connectivity index (χ3v) is 4.35. The van der Waals surface area contributed by atoms with E-state index in [9.17, 15) is 14.4 Å². The second-order valence-electron chi connectivity index (χ2n) is 7.16. The fourth-order valence-corrected chi connectivity index (χ4v) is 2.57. The van der Waals surface area contributed by atoms with Gasteiger partial charge in [0.15, 0.2) is 0 Å². The van der Waals surface area contributed by atoms with Gasteiger partial charge in [0.05, 0.1) is 0 Å². The molecule has 0 heterocycles. The van der Waals surface area contributed by atoms with Gasteiger partial charge in [-0.05, 0) is 23.8 Å². The van der Waals surface area contributed by atoms with Gasteiger partial charge in [-0.1, -0.05) is 64.4 Å². The Kier molecular flexibility index (Phi) is 9.33. The normalized spacial score (nSPS) is 14.1. The number of hydrogen-bond donors (Lipinski definition) is 3. The van der Waals surface area contributed by atoms with Crippen molar-refractivity contribution in [2.24, 2.45) is 17.6 Å². The van der Waals surface area contributed by atoms with Gasteiger partial charge in [-0.3, -0.25) is 9.59 Å². The van der Waals surface area contributed by atoms with Crippen LogP contribution in [0.5, 0.6) is 0 Å². The molecule has 150 valence electrons. The van der Waals surface area contributed by atoms with Crippen LogP contribution in [-0.4, -0.2) is 30.0 Å². The van der Waals surface area contributed by atoms with Crippen molar-refractivity contribution in [1.29, 1.82) is 0 Å². The van der Waals surface area contributed by atoms with Gasteiger partial charge in [0.2, 0.25) is 11.8 Å². The van der Waals surface area contributed by atoms with E-state index in [1.807, 2.05) is 58.0 Å². The van der Waals surface area contributed by atoms with Crippen LogP contribution in [0.15, 0.2) is 30.3 Å². The highest BCUT2D eigenvalue weighted by Crippen LogP contribution is 2.11. The van der Waals surface area contributed by atoms with Crippen LogP contribution in [0.2, 0.25) is 0 Å². The summed E-state index contributed by atoms with van der Waals surface area (Å²) >= 11 is 0. The number of ether oxygens (including phenoxy) is 1. The van der Waals surface area contributed by atoms with Crippen LogP contribution < -0.4 is 16.4 Å². The number of primary amides is 1. The topological polar surface area (TPSA) is 111 Å². The molecule has 1 rings (SSSR count). The third-order valence-electron chi connectivity index (χ3n) is 4.35. The van der Waals surface area contributed by atoms with Gasteiger partial charge < -0.3 is 21.1 Å². The van der Waals surface area contributed by atoms with Gasteiger partial charge >= 0.3 is 6.09 Å². The second-order valence-corrected chi connectivity index (χ2v) is 7.16. The zero-order chi connectivity index (χ0) is 20.4. The monoisotopic (exact) mass is 377 g/mol. The maximum atomic E-state index is 12.7. The molecule has 0 aliphatic heterocycles. The Morgan fingerprint density at radius 2 is 1.70 bits per heavy atom. The minimum atomic E-state index is -0.813. The van der Waals surface area contributed by atoms with Crippen LogP contribution >= 0.6 is 0 Å². The summed E-state index contributed by atoms with van der Waals surface area (Å²) in [6, 6.07) is 7.68. The third kappa shape index (κ3) is 8.11. The quantitative estimate of drug-likeness (QED) is 0.581. The summed E-state index contributed by atoms with van der Waals surface area (Å²) in [4.78, 5) is 36.4. The Hall–Kier alpha value is -2.57. The fraction of sp³-hybridized carbons (Fsp3) is 0.550. The van der Waals surface area contributed by atoms with Crippen molar-refractivity contribution in [1.82, 2.24) is 10.6 Å². The van der Waals surface area contributed by atoms with Crippen LogP contribution in [0.4, 0.5) is 4.79 Å². The molecule has 0 aromatic heterocycles. The van der Waals surface area contributed by atoms with Crippen molar-refractivity contribution in [3.63, 3.8) is 0 Å². The van der Waals surface area contributed by atoms with Gasteiger partial charge in [0.1, 0.15) is 18.7 Å². The van der Waals surface area contributed by atoms with E-state index in [-0.39, 0.29) is 18.4 Å². The highest BCUT2D eigenvalue weighted by atomic mass is 16.5. The molecular weight excluding hydrogens is 346 g/mol. The number of alkyl carbamates (subject to hydrolysis) is 1. The highest BCUT2D eigenvalue weighted by molar-refractivity contribution is 5.90. The summed E-state index contributed by atoms with van der Waals surface area (Å²) in [5.41, 5.74) is 6.24. The van der Waals surface area contributed by atoms with Crippen molar-refractivity contribution in [3.05, 3.63) is 35.9 Å². The van der Waals surface area contributed by atoms with Crippen LogP contribution in [0.25, 0.3) is 0 Å². The average molecular weight is 377 g/mol. The minimum Gasteiger partial charge on any atom is -0.445 e. The molecule has 4 N–H and O–H groups in total. The van der Waals surface area contributed by atoms with Crippen LogP contribution in [-0.2, 0) is 20.9 Å². The van der Waals surface area contributed by atoms with Crippen molar-refractivity contribution < 1.29 is 19.1 Å². The zero-order valence-corrected chi connectivity index (χ0v) is 16.5. The van der Waals surface area contributed by atoms with Gasteiger partial charge in [0.25, 0.3) is 0 Å². The summed E-state index contributed by atoms with van der Waals surface area (Å²) in [6.07, 6.45) is 0.425. The number of hydrogen-bond acceptors (Lipinski definition) is 4. The molecule has 0 spiro atoms. The summed E-state index contributed by atoms with van der Waals surface area (Å²) in [6.45, 7) is 7.75. The van der Waals surface area contributed by atoms with Gasteiger partial charge in [-0.15, -0.1) is 0 Å². The molecule has 0 fully saturated rings. The molecule has 0 bridgehead atoms. The maximum Gasteiger partial charge on any atom is 0.408 e.